The van der Waals surface area contributed by atoms with Crippen molar-refractivity contribution in [3.05, 3.63) is 48.5 Å². The van der Waals surface area contributed by atoms with E-state index in [2.05, 4.69) is 15.5 Å². The van der Waals surface area contributed by atoms with Gasteiger partial charge < -0.3 is 20.3 Å². The van der Waals surface area contributed by atoms with Gasteiger partial charge >= 0.3 is 11.8 Å². The van der Waals surface area contributed by atoms with Crippen LogP contribution in [0.4, 0.5) is 17.1 Å². The summed E-state index contributed by atoms with van der Waals surface area (Å²) in [6.45, 7) is 6.02. The van der Waals surface area contributed by atoms with Gasteiger partial charge in [-0.15, -0.1) is 0 Å². The summed E-state index contributed by atoms with van der Waals surface area (Å²) in [5, 5.41) is 5.23. The van der Waals surface area contributed by atoms with Crippen molar-refractivity contribution in [2.45, 2.75) is 39.2 Å². The maximum absolute atomic E-state index is 12.2. The van der Waals surface area contributed by atoms with Gasteiger partial charge in [0.25, 0.3) is 0 Å². The molecule has 2 aromatic rings. The third-order valence-electron chi connectivity index (χ3n) is 4.54. The van der Waals surface area contributed by atoms with Crippen LogP contribution in [0, 0.1) is 0 Å². The van der Waals surface area contributed by atoms with E-state index in [1.165, 1.54) is 19.3 Å². The topological polar surface area (TPSA) is 70.7 Å². The maximum atomic E-state index is 12.2. The van der Waals surface area contributed by atoms with E-state index in [0.717, 1.165) is 18.8 Å². The fourth-order valence-corrected chi connectivity index (χ4v) is 3.17. The third kappa shape index (κ3) is 5.49. The van der Waals surface area contributed by atoms with Crippen LogP contribution in [0.25, 0.3) is 0 Å². The first-order valence-corrected chi connectivity index (χ1v) is 9.75. The zero-order chi connectivity index (χ0) is 19.9. The van der Waals surface area contributed by atoms with Crippen LogP contribution < -0.4 is 20.3 Å². The Balaban J connectivity index is 1.53. The summed E-state index contributed by atoms with van der Waals surface area (Å²) < 4.78 is 5.56. The second-order valence-corrected chi connectivity index (χ2v) is 7.19. The molecule has 0 radical (unpaired) electrons. The molecule has 0 bridgehead atoms. The van der Waals surface area contributed by atoms with Gasteiger partial charge in [-0.1, -0.05) is 0 Å². The van der Waals surface area contributed by atoms with Crippen LogP contribution in [0.2, 0.25) is 0 Å². The van der Waals surface area contributed by atoms with E-state index in [-0.39, 0.29) is 6.10 Å². The van der Waals surface area contributed by atoms with E-state index in [1.54, 1.807) is 24.3 Å². The molecule has 0 aliphatic carbocycles. The number of carbonyl (C=O) groups excluding carboxylic acids is 2. The number of ether oxygens (including phenoxy) is 1. The van der Waals surface area contributed by atoms with Gasteiger partial charge in [0.2, 0.25) is 0 Å². The summed E-state index contributed by atoms with van der Waals surface area (Å²) >= 11 is 0. The van der Waals surface area contributed by atoms with E-state index in [9.17, 15) is 9.59 Å². The lowest BCUT2D eigenvalue weighted by atomic mass is 10.1. The lowest BCUT2D eigenvalue weighted by Crippen LogP contribution is -2.30. The zero-order valence-corrected chi connectivity index (χ0v) is 16.4. The second kappa shape index (κ2) is 9.26. The van der Waals surface area contributed by atoms with Crippen molar-refractivity contribution in [1.82, 2.24) is 0 Å². The molecule has 0 spiro atoms. The molecule has 0 unspecified atom stereocenters. The number of nitrogens with zero attached hydrogens (tertiary/aromatic N) is 1. The summed E-state index contributed by atoms with van der Waals surface area (Å²) in [6.07, 6.45) is 3.78. The molecular weight excluding hydrogens is 354 g/mol. The first-order valence-electron chi connectivity index (χ1n) is 9.75. The molecule has 2 amide bonds. The van der Waals surface area contributed by atoms with Crippen molar-refractivity contribution in [3.8, 4) is 5.75 Å². The zero-order valence-electron chi connectivity index (χ0n) is 16.4. The number of hydrogen-bond acceptors (Lipinski definition) is 4. The number of anilines is 3. The van der Waals surface area contributed by atoms with E-state index in [1.807, 2.05) is 38.1 Å². The molecule has 1 aliphatic rings. The SMILES string of the molecule is CC(C)Oc1ccc(NC(=O)C(=O)Nc2ccc(N3CCCCC3)cc2)cc1. The van der Waals surface area contributed by atoms with Crippen molar-refractivity contribution in [3.63, 3.8) is 0 Å². The number of hydrogen-bond donors (Lipinski definition) is 2. The fourth-order valence-electron chi connectivity index (χ4n) is 3.17. The van der Waals surface area contributed by atoms with Gasteiger partial charge in [-0.3, -0.25) is 9.59 Å². The molecule has 1 heterocycles. The average molecular weight is 381 g/mol. The Kier molecular flexibility index (Phi) is 6.53. The molecule has 0 aromatic heterocycles. The molecule has 6 heteroatoms. The van der Waals surface area contributed by atoms with Gasteiger partial charge in [-0.2, -0.15) is 0 Å². The molecule has 0 saturated carbocycles. The second-order valence-electron chi connectivity index (χ2n) is 7.19. The van der Waals surface area contributed by atoms with Gasteiger partial charge in [0.15, 0.2) is 0 Å². The van der Waals surface area contributed by atoms with E-state index >= 15 is 0 Å². The van der Waals surface area contributed by atoms with Crippen molar-refractivity contribution < 1.29 is 14.3 Å². The molecule has 28 heavy (non-hydrogen) atoms. The van der Waals surface area contributed by atoms with Crippen LogP contribution in [0.3, 0.4) is 0 Å². The Morgan fingerprint density at radius 1 is 0.821 bits per heavy atom. The molecule has 1 saturated heterocycles. The van der Waals surface area contributed by atoms with Crippen LogP contribution >= 0.6 is 0 Å². The predicted molar refractivity (Wildman–Crippen MR) is 112 cm³/mol. The largest absolute Gasteiger partial charge is 0.491 e. The molecule has 1 aliphatic heterocycles. The highest BCUT2D eigenvalue weighted by Gasteiger charge is 2.15. The molecule has 6 nitrogen and oxygen atoms in total. The number of amides is 2. The van der Waals surface area contributed by atoms with Gasteiger partial charge in [-0.05, 0) is 81.6 Å². The van der Waals surface area contributed by atoms with Crippen molar-refractivity contribution in [2.75, 3.05) is 28.6 Å². The summed E-state index contributed by atoms with van der Waals surface area (Å²) in [6, 6.07) is 14.5. The molecule has 2 aromatic carbocycles. The smallest absolute Gasteiger partial charge is 0.314 e. The molecular formula is C22H27N3O3. The highest BCUT2D eigenvalue weighted by molar-refractivity contribution is 6.43. The van der Waals surface area contributed by atoms with Crippen LogP contribution in [0.5, 0.6) is 5.75 Å². The number of nitrogens with one attached hydrogen (secondary N) is 2. The number of benzene rings is 2. The van der Waals surface area contributed by atoms with E-state index in [4.69, 9.17) is 4.74 Å². The van der Waals surface area contributed by atoms with Crippen LogP contribution in [-0.2, 0) is 9.59 Å². The Labute approximate surface area is 165 Å². The number of piperidine rings is 1. The summed E-state index contributed by atoms with van der Waals surface area (Å²) in [7, 11) is 0. The normalized spacial score (nSPS) is 13.9. The summed E-state index contributed by atoms with van der Waals surface area (Å²) in [5.74, 6) is -0.697. The highest BCUT2D eigenvalue weighted by atomic mass is 16.5. The van der Waals surface area contributed by atoms with Gasteiger partial charge in [0, 0.05) is 30.2 Å². The standard InChI is InChI=1S/C22H27N3O3/c1-16(2)28-20-12-8-18(9-13-20)24-22(27)21(26)23-17-6-10-19(11-7-17)25-14-4-3-5-15-25/h6-13,16H,3-5,14-15H2,1-2H3,(H,23,26)(H,24,27). The van der Waals surface area contributed by atoms with Crippen molar-refractivity contribution in [2.24, 2.45) is 0 Å². The summed E-state index contributed by atoms with van der Waals surface area (Å²) in [4.78, 5) is 26.6. The first-order chi connectivity index (χ1) is 13.5. The minimum atomic E-state index is -0.711. The Morgan fingerprint density at radius 2 is 1.32 bits per heavy atom. The van der Waals surface area contributed by atoms with Crippen molar-refractivity contribution >= 4 is 28.9 Å². The van der Waals surface area contributed by atoms with Crippen LogP contribution in [-0.4, -0.2) is 31.0 Å². The monoisotopic (exact) mass is 381 g/mol. The molecule has 148 valence electrons. The highest BCUT2D eigenvalue weighted by Crippen LogP contribution is 2.22. The minimum Gasteiger partial charge on any atom is -0.491 e. The van der Waals surface area contributed by atoms with Crippen LogP contribution in [0.1, 0.15) is 33.1 Å². The molecule has 3 rings (SSSR count). The van der Waals surface area contributed by atoms with Gasteiger partial charge in [0.1, 0.15) is 5.75 Å². The first kappa shape index (κ1) is 19.7. The lowest BCUT2D eigenvalue weighted by Gasteiger charge is -2.28. The van der Waals surface area contributed by atoms with Crippen molar-refractivity contribution in [1.29, 1.82) is 0 Å². The molecule has 0 atom stereocenters. The molecule has 1 fully saturated rings. The lowest BCUT2D eigenvalue weighted by molar-refractivity contribution is -0.132. The van der Waals surface area contributed by atoms with E-state index < -0.39 is 11.8 Å². The number of rotatable bonds is 5. The fraction of sp³-hybridized carbons (Fsp3) is 0.364. The van der Waals surface area contributed by atoms with Gasteiger partial charge in [0.05, 0.1) is 6.10 Å². The quantitative estimate of drug-likeness (QED) is 0.767. The third-order valence-corrected chi connectivity index (χ3v) is 4.54. The Bertz CT molecular complexity index is 795. The predicted octanol–water partition coefficient (Wildman–Crippen LogP) is 4.04. The van der Waals surface area contributed by atoms with Gasteiger partial charge in [-0.25, -0.2) is 0 Å². The Morgan fingerprint density at radius 3 is 1.82 bits per heavy atom. The van der Waals surface area contributed by atoms with E-state index in [0.29, 0.717) is 17.1 Å². The Hall–Kier alpha value is -3.02. The minimum absolute atomic E-state index is 0.0764. The molecule has 2 N–H and O–H groups in total. The average Bonchev–Trinajstić information content (AvgIpc) is 2.70. The summed E-state index contributed by atoms with van der Waals surface area (Å²) in [5.41, 5.74) is 2.28. The maximum Gasteiger partial charge on any atom is 0.314 e. The number of carbonyl (C=O) groups is 2. The van der Waals surface area contributed by atoms with Crippen LogP contribution in [0.15, 0.2) is 48.5 Å².